The van der Waals surface area contributed by atoms with Crippen LogP contribution in [0.1, 0.15) is 24.0 Å². The molecule has 2 unspecified atom stereocenters. The third-order valence-electron chi connectivity index (χ3n) is 8.38. The molecule has 0 amide bonds. The Morgan fingerprint density at radius 3 is 2.26 bits per heavy atom. The molecule has 12 heteroatoms. The number of carbonyl (C=O) groups is 2. The maximum atomic E-state index is 10.8. The highest BCUT2D eigenvalue weighted by Gasteiger charge is 2.29. The number of aliphatic imine (C=N–C) groups is 2. The van der Waals surface area contributed by atoms with E-state index < -0.39 is 25.2 Å². The van der Waals surface area contributed by atoms with Crippen LogP contribution in [0.2, 0.25) is 0 Å². The maximum Gasteiger partial charge on any atom is 0.329 e. The van der Waals surface area contributed by atoms with Crippen LogP contribution in [0.25, 0.3) is 17.2 Å². The minimum Gasteiger partial charge on any atom is -0.480 e. The summed E-state index contributed by atoms with van der Waals surface area (Å²) in [4.78, 5) is 35.2. The molecule has 254 valence electrons. The summed E-state index contributed by atoms with van der Waals surface area (Å²) in [5.74, 6) is -1.02. The molecule has 7 rings (SSSR count). The number of nitrogens with one attached hydrogen (secondary N) is 2. The molecule has 1 aromatic heterocycles. The Morgan fingerprint density at radius 1 is 0.800 bits per heavy atom. The van der Waals surface area contributed by atoms with Crippen LogP contribution in [0.5, 0.6) is 11.5 Å². The third kappa shape index (κ3) is 7.73. The molecule has 4 aliphatic heterocycles. The lowest BCUT2D eigenvalue weighted by Crippen LogP contribution is -2.29. The maximum absolute atomic E-state index is 10.8. The summed E-state index contributed by atoms with van der Waals surface area (Å²) >= 11 is 0. The molecule has 0 radical (unpaired) electrons. The molecule has 1 fully saturated rings. The number of hydrogen-bond acceptors (Lipinski definition) is 9. The molecule has 0 spiro atoms. The predicted octanol–water partition coefficient (Wildman–Crippen LogP) is 3.32. The second-order valence-electron chi connectivity index (χ2n) is 11.9. The first-order chi connectivity index (χ1) is 24.4. The first-order valence-corrected chi connectivity index (χ1v) is 16.1. The Balaban J connectivity index is 1.27. The van der Waals surface area contributed by atoms with Gasteiger partial charge in [-0.05, 0) is 96.8 Å². The van der Waals surface area contributed by atoms with E-state index in [2.05, 4.69) is 16.4 Å². The van der Waals surface area contributed by atoms with Gasteiger partial charge in [0.05, 0.1) is 22.8 Å². The Kier molecular flexibility index (Phi) is 9.65. The zero-order chi connectivity index (χ0) is 34.5. The molecular weight excluding hydrogens is 640 g/mol. The highest BCUT2D eigenvalue weighted by Crippen LogP contribution is 2.34. The van der Waals surface area contributed by atoms with Gasteiger partial charge in [-0.25, -0.2) is 19.6 Å². The molecule has 2 atom stereocenters. The van der Waals surface area contributed by atoms with Gasteiger partial charge in [0, 0.05) is 33.9 Å². The van der Waals surface area contributed by atoms with Crippen LogP contribution in [-0.4, -0.2) is 77.4 Å². The van der Waals surface area contributed by atoms with Gasteiger partial charge in [0.25, 0.3) is 0 Å². The summed E-state index contributed by atoms with van der Waals surface area (Å²) in [5.41, 5.74) is 7.01. The van der Waals surface area contributed by atoms with Gasteiger partial charge in [0.1, 0.15) is 24.7 Å². The molecule has 8 bridgehead atoms. The number of aliphatic carboxylic acids is 2. The van der Waals surface area contributed by atoms with E-state index >= 15 is 0 Å². The number of aromatic nitrogens is 1. The second-order valence-corrected chi connectivity index (χ2v) is 11.9. The Labute approximate surface area is 286 Å². The van der Waals surface area contributed by atoms with Crippen molar-refractivity contribution in [3.05, 3.63) is 124 Å². The van der Waals surface area contributed by atoms with Gasteiger partial charge in [-0.2, -0.15) is 0 Å². The largest absolute Gasteiger partial charge is 0.480 e. The van der Waals surface area contributed by atoms with E-state index in [1.54, 1.807) is 6.07 Å². The zero-order valence-electron chi connectivity index (χ0n) is 26.9. The number of hydrogen-bond donors (Lipinski definition) is 4. The lowest BCUT2D eigenvalue weighted by atomic mass is 9.95. The van der Waals surface area contributed by atoms with E-state index in [0.717, 1.165) is 68.6 Å². The molecule has 0 saturated carbocycles. The fourth-order valence-electron chi connectivity index (χ4n) is 6.30. The quantitative estimate of drug-likeness (QED) is 0.167. The predicted molar refractivity (Wildman–Crippen MR) is 186 cm³/mol. The Hall–Kier alpha value is -5.82. The van der Waals surface area contributed by atoms with E-state index in [1.165, 1.54) is 0 Å². The monoisotopic (exact) mass is 674 g/mol. The average Bonchev–Trinajstić information content (AvgIpc) is 3.93. The standard InChI is InChI=1S/C38H34N4O8/c43-35(44)19-47-21-49-29-5-1-3-23(15-29)37-31-11-7-25(39-31)17-27-9-13-33(41-27)38(24-4-2-6-30(16-24)50-22-48-20-36(45)46)34-14-10-28(42-34)18-26-8-12-32(37)40-26/h1-9,11-13,15-18,28,34,39,42H,10,14,19-22H2,(H,43,44)(H,45,46)/b25-17?,26-18?,37-31-,38-33-. The topological polar surface area (TPSA) is 164 Å². The number of carboxylic acid groups (broad SMARTS) is 2. The van der Waals surface area contributed by atoms with Gasteiger partial charge in [-0.1, -0.05) is 24.3 Å². The van der Waals surface area contributed by atoms with Crippen LogP contribution in [0.15, 0.2) is 112 Å². The van der Waals surface area contributed by atoms with Crippen LogP contribution in [0.3, 0.4) is 0 Å². The van der Waals surface area contributed by atoms with E-state index in [9.17, 15) is 9.59 Å². The van der Waals surface area contributed by atoms with Crippen molar-refractivity contribution in [1.29, 1.82) is 0 Å². The van der Waals surface area contributed by atoms with Gasteiger partial charge in [-0.15, -0.1) is 0 Å². The molecule has 4 N–H and O–H groups in total. The van der Waals surface area contributed by atoms with Crippen molar-refractivity contribution < 1.29 is 38.7 Å². The van der Waals surface area contributed by atoms with Crippen molar-refractivity contribution in [3.63, 3.8) is 0 Å². The molecule has 5 heterocycles. The van der Waals surface area contributed by atoms with Crippen molar-refractivity contribution in [1.82, 2.24) is 10.3 Å². The molecule has 0 aliphatic carbocycles. The Bertz CT molecular complexity index is 2140. The van der Waals surface area contributed by atoms with Crippen molar-refractivity contribution >= 4 is 40.6 Å². The fourth-order valence-corrected chi connectivity index (χ4v) is 6.30. The van der Waals surface area contributed by atoms with Crippen LogP contribution < -0.4 is 25.5 Å². The van der Waals surface area contributed by atoms with Gasteiger partial charge in [-0.3, -0.25) is 0 Å². The van der Waals surface area contributed by atoms with Crippen molar-refractivity contribution in [2.75, 3.05) is 26.8 Å². The lowest BCUT2D eigenvalue weighted by Gasteiger charge is -2.19. The number of ether oxygens (including phenoxy) is 4. The minimum atomic E-state index is -1.06. The number of carboxylic acids is 2. The smallest absolute Gasteiger partial charge is 0.329 e. The summed E-state index contributed by atoms with van der Waals surface area (Å²) in [7, 11) is 0. The van der Waals surface area contributed by atoms with Crippen molar-refractivity contribution in [3.8, 4) is 11.5 Å². The summed E-state index contributed by atoms with van der Waals surface area (Å²) < 4.78 is 21.5. The first kappa shape index (κ1) is 32.7. The highest BCUT2D eigenvalue weighted by atomic mass is 16.7. The average molecular weight is 675 g/mol. The van der Waals surface area contributed by atoms with Gasteiger partial charge < -0.3 is 39.5 Å². The number of allylic oxidation sites excluding steroid dienone is 4. The Morgan fingerprint density at radius 2 is 1.52 bits per heavy atom. The van der Waals surface area contributed by atoms with Crippen LogP contribution in [-0.2, 0) is 19.1 Å². The molecular formula is C38H34N4O8. The summed E-state index contributed by atoms with van der Waals surface area (Å²) in [6, 6.07) is 19.3. The summed E-state index contributed by atoms with van der Waals surface area (Å²) in [6.45, 7) is -1.24. The summed E-state index contributed by atoms with van der Waals surface area (Å²) in [5, 5.41) is 23.2. The van der Waals surface area contributed by atoms with Crippen molar-refractivity contribution in [2.45, 2.75) is 24.9 Å². The zero-order valence-corrected chi connectivity index (χ0v) is 26.9. The number of nitrogens with zero attached hydrogens (tertiary/aromatic N) is 2. The van der Waals surface area contributed by atoms with E-state index in [1.807, 2.05) is 85.0 Å². The van der Waals surface area contributed by atoms with Gasteiger partial charge in [0.15, 0.2) is 13.6 Å². The third-order valence-corrected chi connectivity index (χ3v) is 8.38. The number of fused-ring (bicyclic) bond motifs is 6. The number of aromatic amines is 1. The normalized spacial score (nSPS) is 21.7. The molecule has 2 aromatic carbocycles. The molecule has 1 saturated heterocycles. The van der Waals surface area contributed by atoms with Crippen LogP contribution in [0, 0.1) is 0 Å². The molecule has 4 aliphatic rings. The molecule has 50 heavy (non-hydrogen) atoms. The van der Waals surface area contributed by atoms with Crippen LogP contribution in [0.4, 0.5) is 0 Å². The highest BCUT2D eigenvalue weighted by molar-refractivity contribution is 6.30. The number of rotatable bonds is 12. The number of H-pyrrole nitrogens is 1. The SMILES string of the molecule is O=C(O)COCOc1cccc(/C2=C3\C=CC(=N3)C=c3cc/c([nH]3)=C(\c3cccc(OCOCC(=O)O)c3)C3=NC(=CC4CCC2N4)C=C3)c1. The molecule has 3 aromatic rings. The van der Waals surface area contributed by atoms with Crippen molar-refractivity contribution in [2.24, 2.45) is 9.98 Å². The van der Waals surface area contributed by atoms with E-state index in [4.69, 9.17) is 39.1 Å². The van der Waals surface area contributed by atoms with Crippen LogP contribution >= 0.6 is 0 Å². The number of benzene rings is 2. The minimum absolute atomic E-state index is 0.00119. The second kappa shape index (κ2) is 14.7. The van der Waals surface area contributed by atoms with E-state index in [-0.39, 0.29) is 25.7 Å². The molecule has 12 nitrogen and oxygen atoms in total. The van der Waals surface area contributed by atoms with Gasteiger partial charge >= 0.3 is 11.9 Å². The van der Waals surface area contributed by atoms with Gasteiger partial charge in [0.2, 0.25) is 0 Å². The summed E-state index contributed by atoms with van der Waals surface area (Å²) in [6.07, 6.45) is 14.0. The fraction of sp³-hybridized carbons (Fsp3) is 0.211. The van der Waals surface area contributed by atoms with E-state index in [0.29, 0.717) is 11.5 Å². The lowest BCUT2D eigenvalue weighted by molar-refractivity contribution is -0.145. The first-order valence-electron chi connectivity index (χ1n) is 16.1.